The summed E-state index contributed by atoms with van der Waals surface area (Å²) in [7, 11) is 3.00. The fourth-order valence-corrected chi connectivity index (χ4v) is 5.04. The summed E-state index contributed by atoms with van der Waals surface area (Å²) in [5.74, 6) is -3.17. The lowest BCUT2D eigenvalue weighted by molar-refractivity contribution is 0.0524. The summed E-state index contributed by atoms with van der Waals surface area (Å²) in [5.41, 5.74) is -0.976. The first-order chi connectivity index (χ1) is 19.6. The summed E-state index contributed by atoms with van der Waals surface area (Å²) < 4.78 is 61.4. The number of benzene rings is 3. The van der Waals surface area contributed by atoms with Crippen molar-refractivity contribution in [2.75, 3.05) is 26.1 Å². The molecule has 0 aliphatic carbocycles. The number of fused-ring (bicyclic) bond motifs is 1. The number of nitrogens with zero attached hydrogens (tertiary/aromatic N) is 1. The molecule has 0 fully saturated rings. The van der Waals surface area contributed by atoms with Gasteiger partial charge in [-0.1, -0.05) is 0 Å². The first kappa shape index (κ1) is 29.9. The van der Waals surface area contributed by atoms with Gasteiger partial charge in [0.15, 0.2) is 11.6 Å². The molecule has 12 heteroatoms. The largest absolute Gasteiger partial charge is 0.497 e. The van der Waals surface area contributed by atoms with E-state index in [0.29, 0.717) is 17.1 Å². The highest BCUT2D eigenvalue weighted by Crippen LogP contribution is 2.35. The number of aromatic nitrogens is 1. The molecule has 8 nitrogen and oxygen atoms in total. The molecule has 0 saturated heterocycles. The van der Waals surface area contributed by atoms with Crippen LogP contribution in [0.15, 0.2) is 45.8 Å². The standard InChI is InChI=1S/C29H26BrF3N2O6/c1-5-41-29(38)18-12-35(27-23(28(18)37)14(2)25(32)26(33)24(27)30)21-10-20(19(31)8-16(21)13-36)34-11-15-6-7-17(39-3)9-22(15)40-4/h6-10,12,34,36H,5,11,13H2,1-4H3. The molecule has 41 heavy (non-hydrogen) atoms. The van der Waals surface area contributed by atoms with Gasteiger partial charge < -0.3 is 29.2 Å². The molecule has 0 saturated carbocycles. The fraction of sp³-hybridized carbons (Fsp3) is 0.241. The van der Waals surface area contributed by atoms with E-state index < -0.39 is 45.5 Å². The Morgan fingerprint density at radius 2 is 1.80 bits per heavy atom. The summed E-state index contributed by atoms with van der Waals surface area (Å²) >= 11 is 3.04. The maximum absolute atomic E-state index is 15.2. The molecule has 0 aliphatic heterocycles. The average Bonchev–Trinajstić information content (AvgIpc) is 2.97. The second-order valence-electron chi connectivity index (χ2n) is 8.90. The number of rotatable bonds is 9. The van der Waals surface area contributed by atoms with E-state index >= 15 is 4.39 Å². The quantitative estimate of drug-likeness (QED) is 0.178. The van der Waals surface area contributed by atoms with Crippen LogP contribution in [0.1, 0.15) is 34.0 Å². The van der Waals surface area contributed by atoms with Crippen LogP contribution in [0.5, 0.6) is 11.5 Å². The molecule has 0 aliphatic rings. The number of nitrogens with one attached hydrogen (secondary N) is 1. The molecule has 0 atom stereocenters. The van der Waals surface area contributed by atoms with E-state index in [9.17, 15) is 23.5 Å². The van der Waals surface area contributed by atoms with Crippen LogP contribution in [-0.4, -0.2) is 36.5 Å². The van der Waals surface area contributed by atoms with E-state index in [1.54, 1.807) is 25.1 Å². The van der Waals surface area contributed by atoms with Gasteiger partial charge in [-0.25, -0.2) is 18.0 Å². The van der Waals surface area contributed by atoms with E-state index in [4.69, 9.17) is 14.2 Å². The predicted octanol–water partition coefficient (Wildman–Crippen LogP) is 5.78. The normalized spacial score (nSPS) is 11.0. The van der Waals surface area contributed by atoms with Crippen molar-refractivity contribution in [2.24, 2.45) is 0 Å². The Morgan fingerprint density at radius 1 is 1.07 bits per heavy atom. The lowest BCUT2D eigenvalue weighted by atomic mass is 10.0. The van der Waals surface area contributed by atoms with Crippen molar-refractivity contribution in [3.05, 3.63) is 90.9 Å². The number of ether oxygens (including phenoxy) is 3. The van der Waals surface area contributed by atoms with Gasteiger partial charge in [0.2, 0.25) is 5.43 Å². The molecule has 1 aromatic heterocycles. The van der Waals surface area contributed by atoms with Crippen molar-refractivity contribution in [1.82, 2.24) is 4.57 Å². The van der Waals surface area contributed by atoms with Gasteiger partial charge in [-0.3, -0.25) is 4.79 Å². The van der Waals surface area contributed by atoms with Crippen LogP contribution >= 0.6 is 15.9 Å². The molecule has 0 bridgehead atoms. The third kappa shape index (κ3) is 5.49. The zero-order valence-corrected chi connectivity index (χ0v) is 24.1. The zero-order chi connectivity index (χ0) is 30.0. The second kappa shape index (κ2) is 12.2. The number of carbonyl (C=O) groups is 1. The molecular formula is C29H26BrF3N2O6. The third-order valence-corrected chi connectivity index (χ3v) is 7.29. The number of pyridine rings is 1. The highest BCUT2D eigenvalue weighted by atomic mass is 79.9. The van der Waals surface area contributed by atoms with Gasteiger partial charge in [-0.2, -0.15) is 0 Å². The van der Waals surface area contributed by atoms with Crippen LogP contribution in [0.2, 0.25) is 0 Å². The number of esters is 1. The maximum Gasteiger partial charge on any atom is 0.343 e. The van der Waals surface area contributed by atoms with Gasteiger partial charge in [-0.05, 0) is 54.0 Å². The molecule has 4 aromatic rings. The molecule has 3 aromatic carbocycles. The molecule has 0 spiro atoms. The number of halogens is 4. The molecule has 0 amide bonds. The Hall–Kier alpha value is -4.03. The van der Waals surface area contributed by atoms with Gasteiger partial charge in [0, 0.05) is 35.5 Å². The van der Waals surface area contributed by atoms with Crippen LogP contribution in [0.4, 0.5) is 18.9 Å². The number of hydrogen-bond acceptors (Lipinski definition) is 7. The van der Waals surface area contributed by atoms with Gasteiger partial charge in [0.05, 0.1) is 54.2 Å². The van der Waals surface area contributed by atoms with E-state index in [0.717, 1.165) is 12.3 Å². The van der Waals surface area contributed by atoms with Crippen LogP contribution in [-0.2, 0) is 17.9 Å². The summed E-state index contributed by atoms with van der Waals surface area (Å²) in [5, 5.41) is 12.8. The van der Waals surface area contributed by atoms with E-state index in [2.05, 4.69) is 21.2 Å². The average molecular weight is 635 g/mol. The van der Waals surface area contributed by atoms with Crippen molar-refractivity contribution >= 4 is 38.5 Å². The smallest absolute Gasteiger partial charge is 0.343 e. The Balaban J connectivity index is 1.96. The number of carbonyl (C=O) groups excluding carboxylic acids is 1. The number of anilines is 1. The van der Waals surface area contributed by atoms with Crippen molar-refractivity contribution in [2.45, 2.75) is 27.0 Å². The molecule has 216 valence electrons. The first-order valence-electron chi connectivity index (χ1n) is 12.4. The van der Waals surface area contributed by atoms with Crippen LogP contribution in [0, 0.1) is 24.4 Å². The zero-order valence-electron chi connectivity index (χ0n) is 22.5. The first-order valence-corrected chi connectivity index (χ1v) is 13.1. The SMILES string of the molecule is CCOC(=O)c1cn(-c2cc(NCc3ccc(OC)cc3OC)c(F)cc2CO)c2c(Br)c(F)c(F)c(C)c2c1=O. The summed E-state index contributed by atoms with van der Waals surface area (Å²) in [6, 6.07) is 7.53. The van der Waals surface area contributed by atoms with Crippen molar-refractivity contribution in [3.63, 3.8) is 0 Å². The van der Waals surface area contributed by atoms with Crippen LogP contribution in [0.25, 0.3) is 16.6 Å². The Labute approximate surface area is 241 Å². The topological polar surface area (TPSA) is 99.0 Å². The summed E-state index contributed by atoms with van der Waals surface area (Å²) in [4.78, 5) is 26.1. The van der Waals surface area contributed by atoms with Crippen molar-refractivity contribution in [1.29, 1.82) is 0 Å². The minimum absolute atomic E-state index is 0.0185. The number of aryl methyl sites for hydroxylation is 1. The van der Waals surface area contributed by atoms with Crippen LogP contribution < -0.4 is 20.2 Å². The van der Waals surface area contributed by atoms with Gasteiger partial charge in [-0.15, -0.1) is 0 Å². The number of hydrogen-bond donors (Lipinski definition) is 2. The fourth-order valence-electron chi connectivity index (χ4n) is 4.47. The predicted molar refractivity (Wildman–Crippen MR) is 151 cm³/mol. The second-order valence-corrected chi connectivity index (χ2v) is 9.70. The number of aliphatic hydroxyl groups is 1. The Bertz CT molecular complexity index is 1720. The Kier molecular flexibility index (Phi) is 8.93. The number of methoxy groups -OCH3 is 2. The molecule has 1 heterocycles. The minimum atomic E-state index is -1.27. The third-order valence-electron chi connectivity index (χ3n) is 6.56. The molecule has 0 radical (unpaired) electrons. The van der Waals surface area contributed by atoms with E-state index in [1.807, 2.05) is 0 Å². The highest BCUT2D eigenvalue weighted by Gasteiger charge is 2.26. The highest BCUT2D eigenvalue weighted by molar-refractivity contribution is 9.10. The monoisotopic (exact) mass is 634 g/mol. The molecule has 0 unspecified atom stereocenters. The minimum Gasteiger partial charge on any atom is -0.497 e. The maximum atomic E-state index is 15.2. The molecule has 4 rings (SSSR count). The number of aliphatic hydroxyl groups excluding tert-OH is 1. The summed E-state index contributed by atoms with van der Waals surface area (Å²) in [6.07, 6.45) is 1.10. The van der Waals surface area contributed by atoms with E-state index in [-0.39, 0.29) is 46.6 Å². The van der Waals surface area contributed by atoms with Gasteiger partial charge in [0.25, 0.3) is 0 Å². The summed E-state index contributed by atoms with van der Waals surface area (Å²) in [6.45, 7) is 2.18. The lowest BCUT2D eigenvalue weighted by Crippen LogP contribution is -2.22. The molecular weight excluding hydrogens is 609 g/mol. The van der Waals surface area contributed by atoms with Gasteiger partial charge in [0.1, 0.15) is 22.9 Å². The van der Waals surface area contributed by atoms with Gasteiger partial charge >= 0.3 is 5.97 Å². The van der Waals surface area contributed by atoms with Crippen LogP contribution in [0.3, 0.4) is 0 Å². The molecule has 2 N–H and O–H groups in total. The van der Waals surface area contributed by atoms with Crippen molar-refractivity contribution < 1.29 is 37.3 Å². The Morgan fingerprint density at radius 3 is 2.44 bits per heavy atom. The lowest BCUT2D eigenvalue weighted by Gasteiger charge is -2.20. The van der Waals surface area contributed by atoms with E-state index in [1.165, 1.54) is 31.8 Å². The van der Waals surface area contributed by atoms with Crippen molar-refractivity contribution in [3.8, 4) is 17.2 Å².